The molecule has 0 aliphatic carbocycles. The second-order valence-corrected chi connectivity index (χ2v) is 5.91. The third kappa shape index (κ3) is 4.59. The molecule has 0 atom stereocenters. The highest BCUT2D eigenvalue weighted by atomic mass is 16.6. The zero-order chi connectivity index (χ0) is 21.7. The minimum absolute atomic E-state index is 0.0228. The predicted octanol–water partition coefficient (Wildman–Crippen LogP) is 4.88. The van der Waals surface area contributed by atoms with Gasteiger partial charge in [0.25, 0.3) is 17.3 Å². The third-order valence-electron chi connectivity index (χ3n) is 3.92. The predicted molar refractivity (Wildman–Crippen MR) is 106 cm³/mol. The number of nitrogens with one attached hydrogen (secondary N) is 1. The van der Waals surface area contributed by atoms with Crippen molar-refractivity contribution in [2.75, 3.05) is 5.32 Å². The van der Waals surface area contributed by atoms with Gasteiger partial charge in [-0.3, -0.25) is 25.0 Å². The highest BCUT2D eigenvalue weighted by Gasteiger charge is 2.16. The van der Waals surface area contributed by atoms with Crippen molar-refractivity contribution in [3.05, 3.63) is 92.5 Å². The normalized spacial score (nSPS) is 10.7. The molecule has 11 heteroatoms. The van der Waals surface area contributed by atoms with Crippen LogP contribution in [0.15, 0.2) is 77.0 Å². The number of phenolic OH excluding ortho intramolecular Hbond substituents is 1. The van der Waals surface area contributed by atoms with E-state index in [9.17, 15) is 30.1 Å². The van der Waals surface area contributed by atoms with E-state index in [1.54, 1.807) is 6.07 Å². The zero-order valence-electron chi connectivity index (χ0n) is 15.1. The Hall–Kier alpha value is -4.67. The number of non-ortho nitro benzene ring substituents is 1. The van der Waals surface area contributed by atoms with Crippen molar-refractivity contribution in [1.82, 2.24) is 0 Å². The van der Waals surface area contributed by atoms with Crippen LogP contribution in [0.4, 0.5) is 28.4 Å². The van der Waals surface area contributed by atoms with Crippen LogP contribution in [0.2, 0.25) is 0 Å². The van der Waals surface area contributed by atoms with Crippen molar-refractivity contribution in [2.45, 2.75) is 0 Å². The number of hydrogen-bond acceptors (Lipinski definition) is 8. The Morgan fingerprint density at radius 3 is 2.27 bits per heavy atom. The number of aromatic hydroxyl groups is 1. The Labute approximate surface area is 168 Å². The molecule has 3 aromatic rings. The monoisotopic (exact) mass is 407 g/mol. The lowest BCUT2D eigenvalue weighted by molar-refractivity contribution is -0.384. The molecule has 0 aromatic heterocycles. The quantitative estimate of drug-likeness (QED) is 0.336. The number of nitrogens with zero attached hydrogens (tertiary/aromatic N) is 4. The molecule has 0 heterocycles. The van der Waals surface area contributed by atoms with E-state index in [4.69, 9.17) is 0 Å². The summed E-state index contributed by atoms with van der Waals surface area (Å²) in [5.74, 6) is -0.890. The third-order valence-corrected chi connectivity index (χ3v) is 3.92. The van der Waals surface area contributed by atoms with E-state index in [1.807, 2.05) is 0 Å². The topological polar surface area (TPSA) is 160 Å². The molecular weight excluding hydrogens is 394 g/mol. The van der Waals surface area contributed by atoms with Gasteiger partial charge in [-0.15, -0.1) is 5.11 Å². The maximum atomic E-state index is 12.5. The van der Waals surface area contributed by atoms with Crippen molar-refractivity contribution in [3.63, 3.8) is 0 Å². The van der Waals surface area contributed by atoms with E-state index >= 15 is 0 Å². The van der Waals surface area contributed by atoms with Gasteiger partial charge in [0.2, 0.25) is 0 Å². The largest absolute Gasteiger partial charge is 0.506 e. The van der Waals surface area contributed by atoms with Crippen molar-refractivity contribution in [1.29, 1.82) is 0 Å². The fourth-order valence-electron chi connectivity index (χ4n) is 2.43. The molecule has 150 valence electrons. The summed E-state index contributed by atoms with van der Waals surface area (Å²) in [6.07, 6.45) is 0. The maximum Gasteiger partial charge on any atom is 0.292 e. The Morgan fingerprint density at radius 2 is 1.60 bits per heavy atom. The SMILES string of the molecule is O=C(Nc1ccccc1[N+](=O)[O-])c1ccc(O)c(N=Nc2ccc([N+](=O)[O-])cc2)c1. The molecule has 11 nitrogen and oxygen atoms in total. The number of amides is 1. The van der Waals surface area contributed by atoms with Crippen molar-refractivity contribution < 1.29 is 19.7 Å². The molecule has 0 bridgehead atoms. The Kier molecular flexibility index (Phi) is 5.73. The van der Waals surface area contributed by atoms with Gasteiger partial charge in [-0.25, -0.2) is 0 Å². The number of benzene rings is 3. The van der Waals surface area contributed by atoms with Crippen LogP contribution < -0.4 is 5.32 Å². The molecule has 3 aromatic carbocycles. The first-order chi connectivity index (χ1) is 14.3. The molecular formula is C19H13N5O6. The molecule has 0 fully saturated rings. The van der Waals surface area contributed by atoms with Gasteiger partial charge >= 0.3 is 0 Å². The summed E-state index contributed by atoms with van der Waals surface area (Å²) in [4.78, 5) is 33.1. The first kappa shape index (κ1) is 20.1. The average Bonchev–Trinajstić information content (AvgIpc) is 2.73. The van der Waals surface area contributed by atoms with Gasteiger partial charge in [0.1, 0.15) is 17.1 Å². The van der Waals surface area contributed by atoms with Gasteiger partial charge < -0.3 is 10.4 Å². The van der Waals surface area contributed by atoms with E-state index in [1.165, 1.54) is 60.7 Å². The smallest absolute Gasteiger partial charge is 0.292 e. The van der Waals surface area contributed by atoms with Crippen molar-refractivity contribution >= 4 is 34.3 Å². The maximum absolute atomic E-state index is 12.5. The molecule has 2 N–H and O–H groups in total. The Morgan fingerprint density at radius 1 is 0.900 bits per heavy atom. The van der Waals surface area contributed by atoms with Gasteiger partial charge in [-0.2, -0.15) is 5.11 Å². The zero-order valence-corrected chi connectivity index (χ0v) is 15.1. The number of hydrogen-bond donors (Lipinski definition) is 2. The summed E-state index contributed by atoms with van der Waals surface area (Å²) >= 11 is 0. The summed E-state index contributed by atoms with van der Waals surface area (Å²) in [5.41, 5.74) is 0.0183. The van der Waals surface area contributed by atoms with Crippen molar-refractivity contribution in [2.24, 2.45) is 10.2 Å². The summed E-state index contributed by atoms with van der Waals surface area (Å²) < 4.78 is 0. The number of nitro benzene ring substituents is 2. The number of azo groups is 1. The first-order valence-corrected chi connectivity index (χ1v) is 8.39. The van der Waals surface area contributed by atoms with Gasteiger partial charge in [-0.1, -0.05) is 12.1 Å². The number of nitro groups is 2. The average molecular weight is 407 g/mol. The fourth-order valence-corrected chi connectivity index (χ4v) is 2.43. The van der Waals surface area contributed by atoms with Gasteiger partial charge in [0.05, 0.1) is 15.5 Å². The second-order valence-electron chi connectivity index (χ2n) is 5.91. The van der Waals surface area contributed by atoms with E-state index < -0.39 is 15.8 Å². The number of anilines is 1. The van der Waals surface area contributed by atoms with E-state index in [0.29, 0.717) is 5.69 Å². The van der Waals surface area contributed by atoms with E-state index in [0.717, 1.165) is 0 Å². The Bertz CT molecular complexity index is 1160. The number of carbonyl (C=O) groups excluding carboxylic acids is 1. The first-order valence-electron chi connectivity index (χ1n) is 8.39. The van der Waals surface area contributed by atoms with Gasteiger partial charge in [0.15, 0.2) is 0 Å². The molecule has 0 spiro atoms. The van der Waals surface area contributed by atoms with Crippen LogP contribution in [-0.2, 0) is 0 Å². The lowest BCUT2D eigenvalue weighted by Crippen LogP contribution is -2.12. The molecule has 0 saturated heterocycles. The minimum Gasteiger partial charge on any atom is -0.506 e. The van der Waals surface area contributed by atoms with Crippen LogP contribution in [-0.4, -0.2) is 20.9 Å². The minimum atomic E-state index is -0.643. The van der Waals surface area contributed by atoms with Crippen LogP contribution in [0.5, 0.6) is 5.75 Å². The standard InChI is InChI=1S/C19H13N5O6/c25-18-10-5-12(19(26)20-15-3-1-2-4-17(15)24(29)30)11-16(18)22-21-13-6-8-14(9-7-13)23(27)28/h1-11,25H,(H,20,26). The fraction of sp³-hybridized carbons (Fsp3) is 0. The van der Waals surface area contributed by atoms with Gasteiger partial charge in [-0.05, 0) is 36.4 Å². The molecule has 3 rings (SSSR count). The van der Waals surface area contributed by atoms with Crippen molar-refractivity contribution in [3.8, 4) is 5.75 Å². The molecule has 30 heavy (non-hydrogen) atoms. The number of para-hydroxylation sites is 2. The molecule has 0 unspecified atom stereocenters. The summed E-state index contributed by atoms with van der Waals surface area (Å²) in [5, 5.41) is 41.9. The summed E-state index contributed by atoms with van der Waals surface area (Å²) in [6, 6.07) is 14.8. The Balaban J connectivity index is 1.82. The number of rotatable bonds is 6. The molecule has 0 saturated carbocycles. The summed E-state index contributed by atoms with van der Waals surface area (Å²) in [6.45, 7) is 0. The van der Waals surface area contributed by atoms with Gasteiger partial charge in [0, 0.05) is 23.8 Å². The number of phenols is 1. The van der Waals surface area contributed by atoms with Crippen LogP contribution in [0.25, 0.3) is 0 Å². The van der Waals surface area contributed by atoms with Crippen LogP contribution in [0, 0.1) is 20.2 Å². The van der Waals surface area contributed by atoms with E-state index in [2.05, 4.69) is 15.5 Å². The molecule has 0 aliphatic heterocycles. The highest BCUT2D eigenvalue weighted by molar-refractivity contribution is 6.06. The molecule has 1 amide bonds. The van der Waals surface area contributed by atoms with Crippen LogP contribution in [0.1, 0.15) is 10.4 Å². The highest BCUT2D eigenvalue weighted by Crippen LogP contribution is 2.30. The van der Waals surface area contributed by atoms with E-state index in [-0.39, 0.29) is 34.1 Å². The number of carbonyl (C=O) groups is 1. The molecule has 0 aliphatic rings. The lowest BCUT2D eigenvalue weighted by Gasteiger charge is -2.07. The summed E-state index contributed by atoms with van der Waals surface area (Å²) in [7, 11) is 0. The lowest BCUT2D eigenvalue weighted by atomic mass is 10.1. The second kappa shape index (κ2) is 8.56. The molecule has 0 radical (unpaired) electrons. The van der Waals surface area contributed by atoms with Crippen LogP contribution >= 0.6 is 0 Å². The van der Waals surface area contributed by atoms with Crippen LogP contribution in [0.3, 0.4) is 0 Å².